The van der Waals surface area contributed by atoms with Crippen molar-refractivity contribution in [2.75, 3.05) is 34.2 Å². The maximum atomic E-state index is 5.56. The molecule has 0 unspecified atom stereocenters. The molecule has 0 aliphatic rings. The Balaban J connectivity index is 0.000000177. The Kier molecular flexibility index (Phi) is 14.4. The van der Waals surface area contributed by atoms with Gasteiger partial charge in [-0.15, -0.1) is 23.5 Å². The van der Waals surface area contributed by atoms with Crippen LogP contribution < -0.4 is 21.7 Å². The molecule has 12 nitrogen and oxygen atoms in total. The standard InChI is InChI=1S/C15H13BrN6S.C10H10N4.C5H4BrClN2S/c1-23-13-12(16)9-19-15(22-13)21-11-5-3-10(4-6-11)20-14-17-7-2-8-18-14;11-8-2-4-9(5-3-8)14-10-12-6-1-7-13-10;1-10-4-3(6)2-8-5(7)9-4/h2-9H,1H3,(H,17,18,20)(H,19,21,22);1-7H,11H2,(H,12,13,14);2H,1H3. The van der Waals surface area contributed by atoms with Crippen LogP contribution in [0, 0.1) is 0 Å². The molecule has 5 N–H and O–H groups in total. The van der Waals surface area contributed by atoms with Crippen molar-refractivity contribution < 1.29 is 0 Å². The van der Waals surface area contributed by atoms with E-state index in [1.807, 2.05) is 61.0 Å². The van der Waals surface area contributed by atoms with Crippen molar-refractivity contribution >= 4 is 108 Å². The molecule has 4 heterocycles. The topological polar surface area (TPSA) is 165 Å². The zero-order chi connectivity index (χ0) is 33.4. The molecule has 47 heavy (non-hydrogen) atoms. The summed E-state index contributed by atoms with van der Waals surface area (Å²) in [6.45, 7) is 0. The highest BCUT2D eigenvalue weighted by Crippen LogP contribution is 2.25. The molecule has 0 bridgehead atoms. The molecular formula is C30H27Br2ClN12S2. The average molecular weight is 815 g/mol. The van der Waals surface area contributed by atoms with E-state index in [0.29, 0.717) is 17.8 Å². The van der Waals surface area contributed by atoms with Crippen LogP contribution in [0.2, 0.25) is 5.28 Å². The first-order valence-corrected chi connectivity index (χ1v) is 17.8. The normalized spacial score (nSPS) is 10.1. The van der Waals surface area contributed by atoms with Gasteiger partial charge in [0.1, 0.15) is 10.1 Å². The lowest BCUT2D eigenvalue weighted by atomic mass is 10.3. The maximum Gasteiger partial charge on any atom is 0.228 e. The predicted molar refractivity (Wildman–Crippen MR) is 199 cm³/mol. The van der Waals surface area contributed by atoms with Crippen LogP contribution in [-0.2, 0) is 0 Å². The molecule has 6 rings (SSSR count). The van der Waals surface area contributed by atoms with Crippen LogP contribution in [0.1, 0.15) is 0 Å². The Morgan fingerprint density at radius 2 is 0.979 bits per heavy atom. The van der Waals surface area contributed by atoms with Crippen LogP contribution in [0.25, 0.3) is 0 Å². The Bertz CT molecular complexity index is 1830. The van der Waals surface area contributed by atoms with Crippen molar-refractivity contribution in [2.24, 2.45) is 0 Å². The predicted octanol–water partition coefficient (Wildman–Crippen LogP) is 8.66. The van der Waals surface area contributed by atoms with E-state index in [1.165, 1.54) is 11.8 Å². The molecule has 0 aliphatic carbocycles. The van der Waals surface area contributed by atoms with E-state index >= 15 is 0 Å². The van der Waals surface area contributed by atoms with Gasteiger partial charge >= 0.3 is 0 Å². The van der Waals surface area contributed by atoms with E-state index in [4.69, 9.17) is 17.3 Å². The first-order chi connectivity index (χ1) is 22.8. The summed E-state index contributed by atoms with van der Waals surface area (Å²) in [4.78, 5) is 32.8. The van der Waals surface area contributed by atoms with Gasteiger partial charge < -0.3 is 21.7 Å². The number of nitrogens with two attached hydrogens (primary N) is 1. The smallest absolute Gasteiger partial charge is 0.228 e. The molecule has 2 aromatic carbocycles. The monoisotopic (exact) mass is 812 g/mol. The number of benzene rings is 2. The van der Waals surface area contributed by atoms with Crippen LogP contribution in [0.4, 0.5) is 40.6 Å². The number of nitrogen functional groups attached to an aromatic ring is 1. The van der Waals surface area contributed by atoms with E-state index in [0.717, 1.165) is 41.7 Å². The third-order valence-electron chi connectivity index (χ3n) is 5.48. The lowest BCUT2D eigenvalue weighted by Gasteiger charge is -2.08. The number of thioether (sulfide) groups is 2. The third-order valence-corrected chi connectivity index (χ3v) is 8.74. The minimum atomic E-state index is 0.285. The van der Waals surface area contributed by atoms with E-state index in [9.17, 15) is 0 Å². The molecule has 0 aliphatic heterocycles. The second kappa shape index (κ2) is 18.9. The molecule has 6 aromatic rings. The Hall–Kier alpha value is -4.09. The van der Waals surface area contributed by atoms with Gasteiger partial charge in [-0.25, -0.2) is 39.9 Å². The minimum Gasteiger partial charge on any atom is -0.399 e. The van der Waals surface area contributed by atoms with Crippen LogP contribution in [0.3, 0.4) is 0 Å². The molecule has 0 amide bonds. The summed E-state index contributed by atoms with van der Waals surface area (Å²) in [5.41, 5.74) is 9.03. The highest BCUT2D eigenvalue weighted by molar-refractivity contribution is 9.10. The molecule has 0 spiro atoms. The number of halogens is 3. The van der Waals surface area contributed by atoms with Gasteiger partial charge in [-0.1, -0.05) is 0 Å². The van der Waals surface area contributed by atoms with Crippen molar-refractivity contribution in [3.8, 4) is 0 Å². The van der Waals surface area contributed by atoms with E-state index in [1.54, 1.807) is 61.1 Å². The SMILES string of the molecule is CSc1nc(Cl)ncc1Br.CSc1nc(Nc2ccc(Nc3ncccn3)cc2)ncc1Br.Nc1ccc(Nc2ncccn2)cc1. The minimum absolute atomic E-state index is 0.285. The largest absolute Gasteiger partial charge is 0.399 e. The van der Waals surface area contributed by atoms with E-state index < -0.39 is 0 Å². The molecule has 17 heteroatoms. The average Bonchev–Trinajstić information content (AvgIpc) is 3.10. The van der Waals surface area contributed by atoms with Crippen LogP contribution >= 0.6 is 67.0 Å². The number of hydrogen-bond acceptors (Lipinski definition) is 14. The molecule has 0 saturated heterocycles. The number of anilines is 7. The van der Waals surface area contributed by atoms with Gasteiger partial charge in [0, 0.05) is 59.9 Å². The number of nitrogens with zero attached hydrogens (tertiary/aromatic N) is 8. The van der Waals surface area contributed by atoms with Gasteiger partial charge in [-0.2, -0.15) is 0 Å². The first-order valence-electron chi connectivity index (χ1n) is 13.4. The fourth-order valence-corrected chi connectivity index (χ4v) is 5.73. The van der Waals surface area contributed by atoms with Crippen LogP contribution in [0.5, 0.6) is 0 Å². The third kappa shape index (κ3) is 12.2. The second-order valence-electron chi connectivity index (χ2n) is 8.77. The zero-order valence-corrected chi connectivity index (χ0v) is 30.4. The lowest BCUT2D eigenvalue weighted by molar-refractivity contribution is 1.03. The summed E-state index contributed by atoms with van der Waals surface area (Å²) in [6, 6.07) is 18.7. The number of aromatic nitrogens is 8. The summed E-state index contributed by atoms with van der Waals surface area (Å²) < 4.78 is 1.77. The van der Waals surface area contributed by atoms with Gasteiger partial charge in [-0.05, 0) is 117 Å². The van der Waals surface area contributed by atoms with Crippen molar-refractivity contribution in [3.05, 3.63) is 112 Å². The first kappa shape index (κ1) is 35.8. The van der Waals surface area contributed by atoms with Gasteiger partial charge in [0.15, 0.2) is 0 Å². The van der Waals surface area contributed by atoms with Gasteiger partial charge in [0.05, 0.1) is 8.95 Å². The van der Waals surface area contributed by atoms with Crippen molar-refractivity contribution in [1.82, 2.24) is 39.9 Å². The fourth-order valence-electron chi connectivity index (χ4n) is 3.35. The van der Waals surface area contributed by atoms with Crippen LogP contribution in [-0.4, -0.2) is 52.4 Å². The van der Waals surface area contributed by atoms with Gasteiger partial charge in [0.2, 0.25) is 23.1 Å². The van der Waals surface area contributed by atoms with Crippen molar-refractivity contribution in [1.29, 1.82) is 0 Å². The Morgan fingerprint density at radius 1 is 0.574 bits per heavy atom. The van der Waals surface area contributed by atoms with Crippen molar-refractivity contribution in [2.45, 2.75) is 10.1 Å². The molecule has 0 saturated carbocycles. The summed E-state index contributed by atoms with van der Waals surface area (Å²) in [5.74, 6) is 1.70. The zero-order valence-electron chi connectivity index (χ0n) is 24.8. The molecule has 0 atom stereocenters. The van der Waals surface area contributed by atoms with Crippen molar-refractivity contribution in [3.63, 3.8) is 0 Å². The fraction of sp³-hybridized carbons (Fsp3) is 0.0667. The number of nitrogens with one attached hydrogen (secondary N) is 3. The summed E-state index contributed by atoms with van der Waals surface area (Å²) in [5, 5.41) is 11.4. The molecular weight excluding hydrogens is 788 g/mol. The maximum absolute atomic E-state index is 5.56. The van der Waals surface area contributed by atoms with Gasteiger partial charge in [0.25, 0.3) is 0 Å². The van der Waals surface area contributed by atoms with Gasteiger partial charge in [-0.3, -0.25) is 0 Å². The number of rotatable bonds is 8. The number of hydrogen-bond donors (Lipinski definition) is 4. The molecule has 4 aromatic heterocycles. The Labute approximate surface area is 301 Å². The molecule has 0 radical (unpaired) electrons. The summed E-state index contributed by atoms with van der Waals surface area (Å²) in [6.07, 6.45) is 14.1. The highest BCUT2D eigenvalue weighted by atomic mass is 79.9. The second-order valence-corrected chi connectivity index (χ2v) is 12.4. The Morgan fingerprint density at radius 3 is 1.43 bits per heavy atom. The summed E-state index contributed by atoms with van der Waals surface area (Å²) in [7, 11) is 0. The lowest BCUT2D eigenvalue weighted by Crippen LogP contribution is -1.99. The van der Waals surface area contributed by atoms with Crippen LogP contribution in [0.15, 0.2) is 117 Å². The molecule has 0 fully saturated rings. The van der Waals surface area contributed by atoms with E-state index in [-0.39, 0.29) is 5.28 Å². The quantitative estimate of drug-likeness (QED) is 0.0499. The summed E-state index contributed by atoms with van der Waals surface area (Å²) >= 11 is 15.3. The molecule has 240 valence electrons. The van der Waals surface area contributed by atoms with E-state index in [2.05, 4.69) is 87.7 Å². The highest BCUT2D eigenvalue weighted by Gasteiger charge is 2.05.